The molecule has 0 saturated heterocycles. The van der Waals surface area contributed by atoms with E-state index in [4.69, 9.17) is 21.4 Å². The van der Waals surface area contributed by atoms with Crippen LogP contribution in [0.4, 0.5) is 0 Å². The Kier molecular flexibility index (Phi) is 6.37. The molecule has 0 spiro atoms. The van der Waals surface area contributed by atoms with Crippen molar-refractivity contribution in [2.75, 3.05) is 13.1 Å². The molecule has 0 fully saturated rings. The minimum atomic E-state index is 0.532. The Labute approximate surface area is 163 Å². The third kappa shape index (κ3) is 5.27. The first-order chi connectivity index (χ1) is 13.2. The van der Waals surface area contributed by atoms with Crippen molar-refractivity contribution in [3.8, 4) is 17.5 Å². The lowest BCUT2D eigenvalue weighted by Crippen LogP contribution is -2.26. The van der Waals surface area contributed by atoms with Gasteiger partial charge in [0, 0.05) is 36.6 Å². The second-order valence-electron chi connectivity index (χ2n) is 6.11. The van der Waals surface area contributed by atoms with Crippen LogP contribution < -0.4 is 0 Å². The van der Waals surface area contributed by atoms with Gasteiger partial charge in [-0.05, 0) is 29.8 Å². The van der Waals surface area contributed by atoms with Crippen molar-refractivity contribution < 1.29 is 4.52 Å². The van der Waals surface area contributed by atoms with Gasteiger partial charge in [0.1, 0.15) is 0 Å². The zero-order valence-electron chi connectivity index (χ0n) is 14.8. The van der Waals surface area contributed by atoms with E-state index in [0.717, 1.165) is 30.8 Å². The molecule has 0 aliphatic heterocycles. The van der Waals surface area contributed by atoms with Crippen molar-refractivity contribution in [2.45, 2.75) is 13.0 Å². The van der Waals surface area contributed by atoms with Gasteiger partial charge in [0.15, 0.2) is 0 Å². The molecule has 6 heteroatoms. The zero-order chi connectivity index (χ0) is 19.1. The molecular formula is C21H19ClN4O. The van der Waals surface area contributed by atoms with Crippen LogP contribution in [0.1, 0.15) is 17.0 Å². The van der Waals surface area contributed by atoms with E-state index >= 15 is 0 Å². The number of nitriles is 1. The van der Waals surface area contributed by atoms with Crippen LogP contribution in [0.3, 0.4) is 0 Å². The summed E-state index contributed by atoms with van der Waals surface area (Å²) in [7, 11) is 0. The number of hydrogen-bond donors (Lipinski definition) is 0. The fourth-order valence-electron chi connectivity index (χ4n) is 2.77. The van der Waals surface area contributed by atoms with Crippen molar-refractivity contribution in [2.24, 2.45) is 0 Å². The topological polar surface area (TPSA) is 66.0 Å². The van der Waals surface area contributed by atoms with E-state index in [1.165, 1.54) is 0 Å². The van der Waals surface area contributed by atoms with E-state index in [1.807, 2.05) is 42.5 Å². The van der Waals surface area contributed by atoms with Crippen molar-refractivity contribution >= 4 is 11.6 Å². The zero-order valence-corrected chi connectivity index (χ0v) is 15.6. The third-order valence-corrected chi connectivity index (χ3v) is 4.28. The Balaban J connectivity index is 1.64. The Bertz CT molecular complexity index is 961. The van der Waals surface area contributed by atoms with Gasteiger partial charge in [-0.2, -0.15) is 10.2 Å². The number of aromatic nitrogens is 2. The lowest BCUT2D eigenvalue weighted by molar-refractivity contribution is 0.279. The van der Waals surface area contributed by atoms with E-state index in [0.29, 0.717) is 28.7 Å². The molecule has 2 aromatic carbocycles. The lowest BCUT2D eigenvalue weighted by Gasteiger charge is -2.19. The number of hydrogen-bond acceptors (Lipinski definition) is 5. The Hall–Kier alpha value is -2.94. The fraction of sp³-hybridized carbons (Fsp3) is 0.190. The molecule has 3 aromatic rings. The first kappa shape index (κ1) is 18.8. The molecule has 0 aliphatic carbocycles. The summed E-state index contributed by atoms with van der Waals surface area (Å²) >= 11 is 6.02. The molecule has 0 atom stereocenters. The van der Waals surface area contributed by atoms with E-state index in [2.05, 4.69) is 27.7 Å². The Morgan fingerprint density at radius 2 is 2.07 bits per heavy atom. The molecule has 0 unspecified atom stereocenters. The molecule has 0 aliphatic rings. The highest BCUT2D eigenvalue weighted by molar-refractivity contribution is 6.30. The average molecular weight is 379 g/mol. The van der Waals surface area contributed by atoms with Gasteiger partial charge < -0.3 is 4.52 Å². The summed E-state index contributed by atoms with van der Waals surface area (Å²) in [5.74, 6) is 1.11. The van der Waals surface area contributed by atoms with Gasteiger partial charge in [-0.1, -0.05) is 47.1 Å². The second kappa shape index (κ2) is 9.13. The number of halogens is 1. The van der Waals surface area contributed by atoms with Crippen molar-refractivity contribution in [1.82, 2.24) is 15.0 Å². The number of benzene rings is 2. The molecule has 1 aromatic heterocycles. The van der Waals surface area contributed by atoms with Crippen molar-refractivity contribution in [3.05, 3.63) is 83.2 Å². The molecule has 136 valence electrons. The summed E-state index contributed by atoms with van der Waals surface area (Å²) in [6.07, 6.45) is 2.48. The highest BCUT2D eigenvalue weighted by Gasteiger charge is 2.11. The number of rotatable bonds is 8. The van der Waals surface area contributed by atoms with Crippen LogP contribution in [0.15, 0.2) is 65.7 Å². The Morgan fingerprint density at radius 3 is 2.85 bits per heavy atom. The minimum Gasteiger partial charge on any atom is -0.339 e. The predicted molar refractivity (Wildman–Crippen MR) is 105 cm³/mol. The Morgan fingerprint density at radius 1 is 1.22 bits per heavy atom. The van der Waals surface area contributed by atoms with Gasteiger partial charge in [0.2, 0.25) is 11.7 Å². The predicted octanol–water partition coefficient (Wildman–Crippen LogP) is 4.49. The van der Waals surface area contributed by atoms with Gasteiger partial charge in [-0.15, -0.1) is 6.58 Å². The maximum atomic E-state index is 9.05. The smallest absolute Gasteiger partial charge is 0.228 e. The highest BCUT2D eigenvalue weighted by atomic mass is 35.5. The van der Waals surface area contributed by atoms with Gasteiger partial charge >= 0.3 is 0 Å². The van der Waals surface area contributed by atoms with Crippen molar-refractivity contribution in [3.63, 3.8) is 0 Å². The summed E-state index contributed by atoms with van der Waals surface area (Å²) in [5.41, 5.74) is 2.57. The third-order valence-electron chi connectivity index (χ3n) is 4.04. The SMILES string of the molecule is C=CCN(CCc1nc(-c2cccc(Cl)c2)no1)Cc1cccc(C#N)c1. The summed E-state index contributed by atoms with van der Waals surface area (Å²) in [4.78, 5) is 6.67. The van der Waals surface area contributed by atoms with Crippen LogP contribution in [0.2, 0.25) is 5.02 Å². The molecule has 27 heavy (non-hydrogen) atoms. The largest absolute Gasteiger partial charge is 0.339 e. The molecular weight excluding hydrogens is 360 g/mol. The first-order valence-electron chi connectivity index (χ1n) is 8.59. The van der Waals surface area contributed by atoms with Crippen LogP contribution in [0, 0.1) is 11.3 Å². The normalized spacial score (nSPS) is 10.7. The molecule has 0 saturated carbocycles. The van der Waals surface area contributed by atoms with Gasteiger partial charge in [0.05, 0.1) is 11.6 Å². The number of nitrogens with zero attached hydrogens (tertiary/aromatic N) is 4. The lowest BCUT2D eigenvalue weighted by atomic mass is 10.1. The summed E-state index contributed by atoms with van der Waals surface area (Å²) in [6, 6.07) is 17.2. The van der Waals surface area contributed by atoms with E-state index in [9.17, 15) is 0 Å². The van der Waals surface area contributed by atoms with E-state index in [1.54, 1.807) is 12.1 Å². The maximum absolute atomic E-state index is 9.05. The standard InChI is InChI=1S/C21H19ClN4O/c1-2-10-26(15-17-6-3-5-16(12-17)14-23)11-9-20-24-21(25-27-20)18-7-4-8-19(22)13-18/h2-8,12-13H,1,9-11,15H2. The highest BCUT2D eigenvalue weighted by Crippen LogP contribution is 2.20. The van der Waals surface area contributed by atoms with Gasteiger partial charge in [-0.25, -0.2) is 0 Å². The molecule has 0 N–H and O–H groups in total. The molecule has 1 heterocycles. The molecule has 0 radical (unpaired) electrons. The van der Waals surface area contributed by atoms with E-state index < -0.39 is 0 Å². The van der Waals surface area contributed by atoms with Crippen LogP contribution in [-0.2, 0) is 13.0 Å². The van der Waals surface area contributed by atoms with E-state index in [-0.39, 0.29) is 0 Å². The molecule has 0 amide bonds. The fourth-order valence-corrected chi connectivity index (χ4v) is 2.96. The maximum Gasteiger partial charge on any atom is 0.228 e. The second-order valence-corrected chi connectivity index (χ2v) is 6.54. The quantitative estimate of drug-likeness (QED) is 0.540. The average Bonchev–Trinajstić information content (AvgIpc) is 3.15. The van der Waals surface area contributed by atoms with Crippen molar-refractivity contribution in [1.29, 1.82) is 5.26 Å². The van der Waals surface area contributed by atoms with Crippen LogP contribution in [0.25, 0.3) is 11.4 Å². The summed E-state index contributed by atoms with van der Waals surface area (Å²) < 4.78 is 5.37. The summed E-state index contributed by atoms with van der Waals surface area (Å²) in [6.45, 7) is 6.01. The van der Waals surface area contributed by atoms with Crippen LogP contribution in [-0.4, -0.2) is 28.1 Å². The molecule has 5 nitrogen and oxygen atoms in total. The first-order valence-corrected chi connectivity index (χ1v) is 8.96. The minimum absolute atomic E-state index is 0.532. The van der Waals surface area contributed by atoms with Crippen LogP contribution >= 0.6 is 11.6 Å². The van der Waals surface area contributed by atoms with Gasteiger partial charge in [-0.3, -0.25) is 4.90 Å². The van der Waals surface area contributed by atoms with Gasteiger partial charge in [0.25, 0.3) is 0 Å². The molecule has 3 rings (SSSR count). The summed E-state index contributed by atoms with van der Waals surface area (Å²) in [5, 5.41) is 13.7. The van der Waals surface area contributed by atoms with Crippen LogP contribution in [0.5, 0.6) is 0 Å². The molecule has 0 bridgehead atoms. The monoisotopic (exact) mass is 378 g/mol.